The van der Waals surface area contributed by atoms with Crippen LogP contribution in [0.3, 0.4) is 0 Å². The summed E-state index contributed by atoms with van der Waals surface area (Å²) in [5.41, 5.74) is 4.61. The summed E-state index contributed by atoms with van der Waals surface area (Å²) in [6.45, 7) is 3.36. The van der Waals surface area contributed by atoms with E-state index >= 15 is 0 Å². The highest BCUT2D eigenvalue weighted by Crippen LogP contribution is 2.22. The van der Waals surface area contributed by atoms with Gasteiger partial charge in [-0.2, -0.15) is 0 Å². The van der Waals surface area contributed by atoms with Crippen LogP contribution >= 0.6 is 0 Å². The van der Waals surface area contributed by atoms with E-state index in [2.05, 4.69) is 49.1 Å². The van der Waals surface area contributed by atoms with Gasteiger partial charge in [-0.15, -0.1) is 0 Å². The van der Waals surface area contributed by atoms with Crippen LogP contribution in [0.5, 0.6) is 0 Å². The van der Waals surface area contributed by atoms with E-state index in [9.17, 15) is 0 Å². The van der Waals surface area contributed by atoms with Gasteiger partial charge in [-0.1, -0.05) is 18.2 Å². The third kappa shape index (κ3) is 2.39. The summed E-state index contributed by atoms with van der Waals surface area (Å²) in [4.78, 5) is 4.63. The van der Waals surface area contributed by atoms with E-state index in [-0.39, 0.29) is 0 Å². The Labute approximate surface area is 92.5 Å². The molecule has 2 nitrogen and oxygen atoms in total. The number of likely N-dealkylation sites (N-methyl/N-ethyl adjacent to an activating group) is 1. The number of benzene rings is 1. The smallest absolute Gasteiger partial charge is 0.0233 e. The van der Waals surface area contributed by atoms with E-state index in [1.807, 2.05) is 0 Å². The second kappa shape index (κ2) is 4.33. The molecular formula is C13H20N2. The third-order valence-corrected chi connectivity index (χ3v) is 3.04. The van der Waals surface area contributed by atoms with Crippen LogP contribution in [0, 0.1) is 0 Å². The molecule has 82 valence electrons. The summed E-state index contributed by atoms with van der Waals surface area (Å²) in [5.74, 6) is 0. The number of hydrogen-bond acceptors (Lipinski definition) is 2. The molecule has 0 atom stereocenters. The minimum Gasteiger partial charge on any atom is -0.305 e. The van der Waals surface area contributed by atoms with Crippen LogP contribution < -0.4 is 0 Å². The van der Waals surface area contributed by atoms with E-state index in [1.165, 1.54) is 24.1 Å². The van der Waals surface area contributed by atoms with Crippen molar-refractivity contribution in [2.45, 2.75) is 19.5 Å². The van der Waals surface area contributed by atoms with Crippen LogP contribution in [-0.4, -0.2) is 37.5 Å². The maximum absolute atomic E-state index is 2.39. The van der Waals surface area contributed by atoms with Crippen molar-refractivity contribution in [3.05, 3.63) is 34.9 Å². The van der Waals surface area contributed by atoms with Crippen molar-refractivity contribution in [3.8, 4) is 0 Å². The van der Waals surface area contributed by atoms with E-state index in [1.54, 1.807) is 5.56 Å². The first-order valence-electron chi connectivity index (χ1n) is 5.60. The van der Waals surface area contributed by atoms with Gasteiger partial charge in [0.1, 0.15) is 0 Å². The Bertz CT molecular complexity index is 344. The molecule has 0 spiro atoms. The van der Waals surface area contributed by atoms with Gasteiger partial charge in [-0.25, -0.2) is 0 Å². The van der Waals surface area contributed by atoms with Crippen molar-refractivity contribution < 1.29 is 0 Å². The molecule has 1 aliphatic heterocycles. The Balaban J connectivity index is 2.29. The fraction of sp³-hybridized carbons (Fsp3) is 0.538. The molecular weight excluding hydrogens is 184 g/mol. The number of fused-ring (bicyclic) bond motifs is 1. The predicted molar refractivity (Wildman–Crippen MR) is 63.9 cm³/mol. The summed E-state index contributed by atoms with van der Waals surface area (Å²) in [5, 5.41) is 0. The zero-order valence-corrected chi connectivity index (χ0v) is 9.95. The van der Waals surface area contributed by atoms with E-state index < -0.39 is 0 Å². The number of rotatable bonds is 2. The van der Waals surface area contributed by atoms with E-state index in [4.69, 9.17) is 0 Å². The molecule has 0 radical (unpaired) electrons. The number of hydrogen-bond donors (Lipinski definition) is 0. The van der Waals surface area contributed by atoms with Crippen LogP contribution in [0.1, 0.15) is 16.7 Å². The Morgan fingerprint density at radius 3 is 2.87 bits per heavy atom. The molecule has 0 saturated carbocycles. The molecule has 0 fully saturated rings. The van der Waals surface area contributed by atoms with Crippen molar-refractivity contribution in [2.75, 3.05) is 27.7 Å². The molecule has 0 saturated heterocycles. The molecule has 0 unspecified atom stereocenters. The Morgan fingerprint density at radius 2 is 2.13 bits per heavy atom. The Hall–Kier alpha value is -0.860. The van der Waals surface area contributed by atoms with Crippen LogP contribution in [0.25, 0.3) is 0 Å². The first-order chi connectivity index (χ1) is 7.16. The molecule has 15 heavy (non-hydrogen) atoms. The van der Waals surface area contributed by atoms with Gasteiger partial charge >= 0.3 is 0 Å². The van der Waals surface area contributed by atoms with Crippen molar-refractivity contribution >= 4 is 0 Å². The second-order valence-corrected chi connectivity index (χ2v) is 4.78. The fourth-order valence-electron chi connectivity index (χ4n) is 2.32. The van der Waals surface area contributed by atoms with Gasteiger partial charge < -0.3 is 9.80 Å². The molecule has 0 N–H and O–H groups in total. The predicted octanol–water partition coefficient (Wildman–Crippen LogP) is 1.74. The second-order valence-electron chi connectivity index (χ2n) is 4.78. The molecule has 1 heterocycles. The van der Waals surface area contributed by atoms with E-state index in [0.29, 0.717) is 0 Å². The molecule has 0 amide bonds. The maximum atomic E-state index is 2.39. The highest BCUT2D eigenvalue weighted by Gasteiger charge is 2.15. The van der Waals surface area contributed by atoms with Gasteiger partial charge in [-0.3, -0.25) is 0 Å². The lowest BCUT2D eigenvalue weighted by Gasteiger charge is -2.27. The topological polar surface area (TPSA) is 6.48 Å². The molecule has 0 aromatic heterocycles. The summed E-state index contributed by atoms with van der Waals surface area (Å²) in [7, 11) is 6.46. The van der Waals surface area contributed by atoms with Crippen molar-refractivity contribution in [3.63, 3.8) is 0 Å². The lowest BCUT2D eigenvalue weighted by molar-refractivity contribution is 0.310. The van der Waals surface area contributed by atoms with Crippen LogP contribution in [0.4, 0.5) is 0 Å². The van der Waals surface area contributed by atoms with E-state index in [0.717, 1.165) is 13.1 Å². The third-order valence-electron chi connectivity index (χ3n) is 3.04. The fourth-order valence-corrected chi connectivity index (χ4v) is 2.32. The van der Waals surface area contributed by atoms with Crippen LogP contribution in [0.2, 0.25) is 0 Å². The number of nitrogens with zero attached hydrogens (tertiary/aromatic N) is 2. The standard InChI is InChI=1S/C13H20N2/c1-14(2)9-11-5-4-6-12-10-15(3)8-7-13(11)12/h4-6H,7-10H2,1-3H3. The summed E-state index contributed by atoms with van der Waals surface area (Å²) < 4.78 is 0. The first kappa shape index (κ1) is 10.7. The Morgan fingerprint density at radius 1 is 1.33 bits per heavy atom. The molecule has 0 aliphatic carbocycles. The molecule has 2 rings (SSSR count). The average molecular weight is 204 g/mol. The van der Waals surface area contributed by atoms with Crippen LogP contribution in [-0.2, 0) is 19.5 Å². The van der Waals surface area contributed by atoms with Gasteiger partial charge in [0.05, 0.1) is 0 Å². The zero-order valence-electron chi connectivity index (χ0n) is 9.95. The van der Waals surface area contributed by atoms with Crippen molar-refractivity contribution in [1.82, 2.24) is 9.80 Å². The first-order valence-corrected chi connectivity index (χ1v) is 5.60. The van der Waals surface area contributed by atoms with Crippen molar-refractivity contribution in [1.29, 1.82) is 0 Å². The van der Waals surface area contributed by atoms with Gasteiger partial charge in [0.2, 0.25) is 0 Å². The maximum Gasteiger partial charge on any atom is 0.0233 e. The van der Waals surface area contributed by atoms with Crippen molar-refractivity contribution in [2.24, 2.45) is 0 Å². The summed E-state index contributed by atoms with van der Waals surface area (Å²) in [6.07, 6.45) is 1.20. The highest BCUT2D eigenvalue weighted by atomic mass is 15.1. The highest BCUT2D eigenvalue weighted by molar-refractivity contribution is 5.36. The molecule has 1 aliphatic rings. The van der Waals surface area contributed by atoms with Gasteiger partial charge in [-0.05, 0) is 44.3 Å². The minimum atomic E-state index is 1.06. The molecule has 1 aromatic carbocycles. The van der Waals surface area contributed by atoms with Gasteiger partial charge in [0.15, 0.2) is 0 Å². The van der Waals surface area contributed by atoms with Crippen LogP contribution in [0.15, 0.2) is 18.2 Å². The molecule has 1 aromatic rings. The lowest BCUT2D eigenvalue weighted by Crippen LogP contribution is -2.28. The zero-order chi connectivity index (χ0) is 10.8. The normalized spacial score (nSPS) is 16.8. The average Bonchev–Trinajstić information content (AvgIpc) is 2.16. The Kier molecular flexibility index (Phi) is 3.08. The van der Waals surface area contributed by atoms with Gasteiger partial charge in [0.25, 0.3) is 0 Å². The molecule has 0 bridgehead atoms. The monoisotopic (exact) mass is 204 g/mol. The SMILES string of the molecule is CN(C)Cc1cccc2c1CCN(C)C2. The molecule has 2 heteroatoms. The minimum absolute atomic E-state index is 1.06. The van der Waals surface area contributed by atoms with Gasteiger partial charge in [0, 0.05) is 19.6 Å². The largest absolute Gasteiger partial charge is 0.305 e. The summed E-state index contributed by atoms with van der Waals surface area (Å²) >= 11 is 0. The quantitative estimate of drug-likeness (QED) is 0.724. The summed E-state index contributed by atoms with van der Waals surface area (Å²) in [6, 6.07) is 6.73. The lowest BCUT2D eigenvalue weighted by atomic mass is 9.94.